The van der Waals surface area contributed by atoms with Gasteiger partial charge < -0.3 is 0 Å². The second-order valence-electron chi connectivity index (χ2n) is 4.34. The lowest BCUT2D eigenvalue weighted by atomic mass is 10.1. The summed E-state index contributed by atoms with van der Waals surface area (Å²) in [6, 6.07) is 8.97. The Morgan fingerprint density at radius 2 is 2.00 bits per heavy atom. The molecule has 110 valence electrons. The number of Topliss-reactive ketones (excluding diaryl/α,β-unsaturated/α-hetero) is 1. The molecular formula is C14H8BrN3O4. The van der Waals surface area contributed by atoms with Crippen LogP contribution in [0.3, 0.4) is 0 Å². The Morgan fingerprint density at radius 1 is 1.36 bits per heavy atom. The predicted molar refractivity (Wildman–Crippen MR) is 80.5 cm³/mol. The fourth-order valence-corrected chi connectivity index (χ4v) is 2.06. The Labute approximate surface area is 132 Å². The Bertz CT molecular complexity index is 850. The number of carbonyl (C=O) groups is 1. The van der Waals surface area contributed by atoms with E-state index in [1.165, 1.54) is 0 Å². The minimum atomic E-state index is -0.737. The predicted octanol–water partition coefficient (Wildman–Crippen LogP) is 2.27. The molecule has 0 saturated heterocycles. The molecule has 0 atom stereocenters. The molecule has 1 aromatic heterocycles. The topological polar surface area (TPSA) is 106 Å². The number of rotatable bonds is 4. The molecule has 0 spiro atoms. The lowest BCUT2D eigenvalue weighted by molar-refractivity contribution is -0.385. The van der Waals surface area contributed by atoms with Crippen molar-refractivity contribution < 1.29 is 9.72 Å². The Morgan fingerprint density at radius 3 is 2.55 bits per heavy atom. The Balaban J connectivity index is 2.40. The highest BCUT2D eigenvalue weighted by molar-refractivity contribution is 9.10. The summed E-state index contributed by atoms with van der Waals surface area (Å²) >= 11 is 3.24. The SMILES string of the molecule is N#Cc1cc([N+](=O)[O-])cn(CC(=O)c2ccc(Br)cc2)c1=O. The fraction of sp³-hybridized carbons (Fsp3) is 0.0714. The van der Waals surface area contributed by atoms with E-state index >= 15 is 0 Å². The number of hydrogen-bond donors (Lipinski definition) is 0. The third-order valence-corrected chi connectivity index (χ3v) is 3.41. The van der Waals surface area contributed by atoms with Crippen molar-refractivity contribution in [2.45, 2.75) is 6.54 Å². The van der Waals surface area contributed by atoms with Crippen LogP contribution in [0, 0.1) is 21.4 Å². The maximum atomic E-state index is 12.1. The fourth-order valence-electron chi connectivity index (χ4n) is 1.80. The van der Waals surface area contributed by atoms with E-state index in [0.29, 0.717) is 5.56 Å². The molecule has 0 aliphatic carbocycles. The van der Waals surface area contributed by atoms with Gasteiger partial charge >= 0.3 is 0 Å². The van der Waals surface area contributed by atoms with Gasteiger partial charge in [-0.1, -0.05) is 28.1 Å². The molecule has 0 N–H and O–H groups in total. The number of halogens is 1. The molecule has 8 heteroatoms. The van der Waals surface area contributed by atoms with Crippen molar-refractivity contribution in [2.75, 3.05) is 0 Å². The summed E-state index contributed by atoms with van der Waals surface area (Å²) < 4.78 is 1.67. The molecule has 0 saturated carbocycles. The maximum Gasteiger partial charge on any atom is 0.287 e. The molecule has 7 nitrogen and oxygen atoms in total. The number of aromatic nitrogens is 1. The highest BCUT2D eigenvalue weighted by Gasteiger charge is 2.16. The molecule has 0 radical (unpaired) electrons. The van der Waals surface area contributed by atoms with E-state index in [1.807, 2.05) is 0 Å². The summed E-state index contributed by atoms with van der Waals surface area (Å²) in [5, 5.41) is 19.7. The largest absolute Gasteiger partial charge is 0.300 e. The highest BCUT2D eigenvalue weighted by Crippen LogP contribution is 2.13. The molecule has 22 heavy (non-hydrogen) atoms. The molecule has 1 aromatic carbocycles. The first-order valence-electron chi connectivity index (χ1n) is 6.00. The van der Waals surface area contributed by atoms with Crippen molar-refractivity contribution in [3.05, 3.63) is 72.6 Å². The standard InChI is InChI=1S/C14H8BrN3O4/c15-11-3-1-9(2-4-11)13(19)8-17-7-12(18(21)22)5-10(6-16)14(17)20/h1-5,7H,8H2. The monoisotopic (exact) mass is 361 g/mol. The van der Waals surface area contributed by atoms with Crippen LogP contribution in [0.1, 0.15) is 15.9 Å². The molecule has 2 aromatic rings. The zero-order chi connectivity index (χ0) is 16.3. The van der Waals surface area contributed by atoms with Crippen molar-refractivity contribution in [2.24, 2.45) is 0 Å². The molecule has 0 aliphatic heterocycles. The number of pyridine rings is 1. The van der Waals surface area contributed by atoms with Crippen molar-refractivity contribution in [1.82, 2.24) is 4.57 Å². The number of hydrogen-bond acceptors (Lipinski definition) is 5. The maximum absolute atomic E-state index is 12.1. The number of nitriles is 1. The van der Waals surface area contributed by atoms with Gasteiger partial charge in [0.2, 0.25) is 0 Å². The molecule has 1 heterocycles. The number of nitro groups is 1. The zero-order valence-electron chi connectivity index (χ0n) is 11.0. The molecule has 2 rings (SSSR count). The molecule has 0 aliphatic rings. The summed E-state index contributed by atoms with van der Waals surface area (Å²) in [6.07, 6.45) is 0.958. The number of benzene rings is 1. The van der Waals surface area contributed by atoms with E-state index in [2.05, 4.69) is 15.9 Å². The van der Waals surface area contributed by atoms with Crippen molar-refractivity contribution in [1.29, 1.82) is 5.26 Å². The molecule has 0 bridgehead atoms. The van der Waals surface area contributed by atoms with Crippen LogP contribution in [0.2, 0.25) is 0 Å². The molecular weight excluding hydrogens is 354 g/mol. The first kappa shape index (κ1) is 15.6. The van der Waals surface area contributed by atoms with Crippen LogP contribution < -0.4 is 5.56 Å². The molecule has 0 unspecified atom stereocenters. The number of nitrogens with zero attached hydrogens (tertiary/aromatic N) is 3. The second-order valence-corrected chi connectivity index (χ2v) is 5.26. The van der Waals surface area contributed by atoms with Crippen molar-refractivity contribution in [3.63, 3.8) is 0 Å². The van der Waals surface area contributed by atoms with Gasteiger partial charge in [-0.05, 0) is 12.1 Å². The summed E-state index contributed by atoms with van der Waals surface area (Å²) in [4.78, 5) is 34.2. The first-order valence-corrected chi connectivity index (χ1v) is 6.79. The smallest absolute Gasteiger partial charge is 0.287 e. The highest BCUT2D eigenvalue weighted by atomic mass is 79.9. The van der Waals surface area contributed by atoms with Crippen LogP contribution in [0.25, 0.3) is 0 Å². The van der Waals surface area contributed by atoms with Crippen LogP contribution in [-0.2, 0) is 6.54 Å². The van der Waals surface area contributed by atoms with Crippen LogP contribution in [0.4, 0.5) is 5.69 Å². The van der Waals surface area contributed by atoms with Gasteiger partial charge in [-0.2, -0.15) is 5.26 Å². The van der Waals surface area contributed by atoms with Gasteiger partial charge in [-0.25, -0.2) is 0 Å². The van der Waals surface area contributed by atoms with Gasteiger partial charge in [0.25, 0.3) is 11.2 Å². The number of ketones is 1. The Hall–Kier alpha value is -2.79. The first-order chi connectivity index (χ1) is 10.4. The van der Waals surface area contributed by atoms with E-state index < -0.39 is 16.2 Å². The van der Waals surface area contributed by atoms with Gasteiger partial charge in [0.15, 0.2) is 5.78 Å². The molecule has 0 amide bonds. The third-order valence-electron chi connectivity index (χ3n) is 2.88. The van der Waals surface area contributed by atoms with Crippen LogP contribution in [0.5, 0.6) is 0 Å². The normalized spacial score (nSPS) is 10.0. The lowest BCUT2D eigenvalue weighted by Gasteiger charge is -2.06. The van der Waals surface area contributed by atoms with Crippen LogP contribution >= 0.6 is 15.9 Å². The van der Waals surface area contributed by atoms with E-state index in [0.717, 1.165) is 21.3 Å². The van der Waals surface area contributed by atoms with Gasteiger partial charge in [0.05, 0.1) is 17.7 Å². The average Bonchev–Trinajstić information content (AvgIpc) is 2.49. The second kappa shape index (κ2) is 6.32. The minimum Gasteiger partial charge on any atom is -0.300 e. The van der Waals surface area contributed by atoms with E-state index in [4.69, 9.17) is 5.26 Å². The van der Waals surface area contributed by atoms with E-state index in [1.54, 1.807) is 30.3 Å². The number of carbonyl (C=O) groups excluding carboxylic acids is 1. The average molecular weight is 362 g/mol. The van der Waals surface area contributed by atoms with Crippen molar-refractivity contribution >= 4 is 27.4 Å². The zero-order valence-corrected chi connectivity index (χ0v) is 12.6. The lowest BCUT2D eigenvalue weighted by Crippen LogP contribution is -2.26. The Kier molecular flexibility index (Phi) is 4.48. The van der Waals surface area contributed by atoms with E-state index in [-0.39, 0.29) is 17.9 Å². The summed E-state index contributed by atoms with van der Waals surface area (Å²) in [5.41, 5.74) is -1.17. The van der Waals surface area contributed by atoms with Crippen molar-refractivity contribution in [3.8, 4) is 6.07 Å². The summed E-state index contributed by atoms with van der Waals surface area (Å²) in [5.74, 6) is -0.390. The quantitative estimate of drug-likeness (QED) is 0.471. The van der Waals surface area contributed by atoms with E-state index in [9.17, 15) is 19.7 Å². The minimum absolute atomic E-state index is 0.361. The van der Waals surface area contributed by atoms with Gasteiger partial charge in [-0.3, -0.25) is 24.3 Å². The van der Waals surface area contributed by atoms with Gasteiger partial charge in [-0.15, -0.1) is 0 Å². The van der Waals surface area contributed by atoms with Crippen LogP contribution in [-0.4, -0.2) is 15.3 Å². The summed E-state index contributed by atoms with van der Waals surface area (Å²) in [7, 11) is 0. The summed E-state index contributed by atoms with van der Waals surface area (Å²) in [6.45, 7) is -0.378. The molecule has 0 fully saturated rings. The van der Waals surface area contributed by atoms with Crippen LogP contribution in [0.15, 0.2) is 45.8 Å². The van der Waals surface area contributed by atoms with Gasteiger partial charge in [0.1, 0.15) is 11.6 Å². The van der Waals surface area contributed by atoms with Gasteiger partial charge in [0, 0.05) is 16.1 Å². The third kappa shape index (κ3) is 3.27.